The zero-order chi connectivity index (χ0) is 16.1. The van der Waals surface area contributed by atoms with Gasteiger partial charge in [0, 0.05) is 32.0 Å². The minimum atomic E-state index is -0.103. The molecule has 120 valence electrons. The predicted molar refractivity (Wildman–Crippen MR) is 85.1 cm³/mol. The van der Waals surface area contributed by atoms with Crippen molar-refractivity contribution < 1.29 is 14.3 Å². The molecule has 1 aliphatic rings. The number of hydrogen-bond acceptors (Lipinski definition) is 4. The number of fused-ring (bicyclic) bond motifs is 1. The van der Waals surface area contributed by atoms with Crippen molar-refractivity contribution >= 4 is 6.03 Å². The second-order valence-electron chi connectivity index (χ2n) is 5.22. The molecule has 1 aromatic heterocycles. The number of pyridine rings is 1. The van der Waals surface area contributed by atoms with E-state index in [2.05, 4.69) is 10.3 Å². The molecule has 2 amide bonds. The summed E-state index contributed by atoms with van der Waals surface area (Å²) in [5, 5.41) is 2.91. The van der Waals surface area contributed by atoms with Gasteiger partial charge < -0.3 is 19.7 Å². The van der Waals surface area contributed by atoms with Crippen molar-refractivity contribution in [1.82, 2.24) is 15.2 Å². The average molecular weight is 313 g/mol. The molecule has 0 saturated carbocycles. The smallest absolute Gasteiger partial charge is 0.317 e. The second-order valence-corrected chi connectivity index (χ2v) is 5.22. The third-order valence-corrected chi connectivity index (χ3v) is 3.65. The minimum absolute atomic E-state index is 0.103. The van der Waals surface area contributed by atoms with Crippen molar-refractivity contribution in [2.75, 3.05) is 13.3 Å². The van der Waals surface area contributed by atoms with Gasteiger partial charge in [-0.3, -0.25) is 4.98 Å². The Labute approximate surface area is 135 Å². The Bertz CT molecular complexity index is 676. The van der Waals surface area contributed by atoms with Gasteiger partial charge in [0.05, 0.1) is 0 Å². The van der Waals surface area contributed by atoms with Gasteiger partial charge in [-0.25, -0.2) is 4.79 Å². The van der Waals surface area contributed by atoms with Crippen LogP contribution in [-0.2, 0) is 13.1 Å². The maximum atomic E-state index is 12.3. The number of rotatable bonds is 5. The maximum absolute atomic E-state index is 12.3. The molecule has 0 atom stereocenters. The van der Waals surface area contributed by atoms with Crippen LogP contribution in [0.15, 0.2) is 42.7 Å². The van der Waals surface area contributed by atoms with Crippen LogP contribution in [0.2, 0.25) is 0 Å². The topological polar surface area (TPSA) is 63.7 Å². The first-order chi connectivity index (χ1) is 11.3. The third-order valence-electron chi connectivity index (χ3n) is 3.65. The third kappa shape index (κ3) is 3.71. The molecule has 1 N–H and O–H groups in total. The molecule has 6 heteroatoms. The van der Waals surface area contributed by atoms with E-state index < -0.39 is 0 Å². The highest BCUT2D eigenvalue weighted by molar-refractivity contribution is 5.74. The van der Waals surface area contributed by atoms with Gasteiger partial charge in [0.25, 0.3) is 0 Å². The van der Waals surface area contributed by atoms with Crippen LogP contribution in [0.25, 0.3) is 0 Å². The molecule has 2 aromatic rings. The van der Waals surface area contributed by atoms with Crippen molar-refractivity contribution in [3.05, 3.63) is 53.9 Å². The first-order valence-electron chi connectivity index (χ1n) is 7.56. The number of nitrogens with zero attached hydrogens (tertiary/aromatic N) is 2. The summed E-state index contributed by atoms with van der Waals surface area (Å²) in [6, 6.07) is 9.42. The summed E-state index contributed by atoms with van der Waals surface area (Å²) in [5.41, 5.74) is 1.98. The molecule has 0 radical (unpaired) electrons. The summed E-state index contributed by atoms with van der Waals surface area (Å²) in [6.45, 7) is 3.81. The Hall–Kier alpha value is -2.76. The fraction of sp³-hybridized carbons (Fsp3) is 0.294. The van der Waals surface area contributed by atoms with Gasteiger partial charge in [-0.15, -0.1) is 0 Å². The molecule has 3 rings (SSSR count). The van der Waals surface area contributed by atoms with E-state index >= 15 is 0 Å². The Morgan fingerprint density at radius 3 is 2.91 bits per heavy atom. The van der Waals surface area contributed by atoms with Crippen molar-refractivity contribution in [1.29, 1.82) is 0 Å². The van der Waals surface area contributed by atoms with Gasteiger partial charge in [-0.05, 0) is 36.2 Å². The number of urea groups is 1. The zero-order valence-electron chi connectivity index (χ0n) is 13.0. The molecule has 0 saturated heterocycles. The standard InChI is InChI=1S/C17H19N3O3/c1-2-20(17(21)19-10-14-4-3-7-18-9-14)11-13-5-6-15-16(8-13)23-12-22-15/h3-9H,2,10-12H2,1H3,(H,19,21). The largest absolute Gasteiger partial charge is 0.454 e. The van der Waals surface area contributed by atoms with Crippen molar-refractivity contribution in [2.24, 2.45) is 0 Å². The summed E-state index contributed by atoms with van der Waals surface area (Å²) in [7, 11) is 0. The molecule has 0 bridgehead atoms. The number of hydrogen-bond donors (Lipinski definition) is 1. The minimum Gasteiger partial charge on any atom is -0.454 e. The molecule has 2 heterocycles. The lowest BCUT2D eigenvalue weighted by Gasteiger charge is -2.21. The van der Waals surface area contributed by atoms with Gasteiger partial charge in [-0.2, -0.15) is 0 Å². The van der Waals surface area contributed by atoms with E-state index in [1.54, 1.807) is 17.3 Å². The fourth-order valence-corrected chi connectivity index (χ4v) is 2.38. The van der Waals surface area contributed by atoms with Crippen LogP contribution in [0.3, 0.4) is 0 Å². The van der Waals surface area contributed by atoms with Crippen molar-refractivity contribution in [3.63, 3.8) is 0 Å². The molecule has 6 nitrogen and oxygen atoms in total. The van der Waals surface area contributed by atoms with Gasteiger partial charge in [0.15, 0.2) is 11.5 Å². The summed E-state index contributed by atoms with van der Waals surface area (Å²) in [4.78, 5) is 18.1. The molecule has 1 aromatic carbocycles. The van der Waals surface area contributed by atoms with E-state index in [1.807, 2.05) is 37.3 Å². The molecular weight excluding hydrogens is 294 g/mol. The number of amides is 2. The van der Waals surface area contributed by atoms with Crippen LogP contribution in [0.1, 0.15) is 18.1 Å². The molecule has 0 fully saturated rings. The van der Waals surface area contributed by atoms with E-state index in [9.17, 15) is 4.79 Å². The van der Waals surface area contributed by atoms with E-state index in [4.69, 9.17) is 9.47 Å². The van der Waals surface area contributed by atoms with E-state index in [-0.39, 0.29) is 12.8 Å². The Balaban J connectivity index is 1.59. The van der Waals surface area contributed by atoms with Crippen LogP contribution < -0.4 is 14.8 Å². The SMILES string of the molecule is CCN(Cc1ccc2c(c1)OCO2)C(=O)NCc1cccnc1. The lowest BCUT2D eigenvalue weighted by molar-refractivity contribution is 0.173. The van der Waals surface area contributed by atoms with E-state index in [0.717, 1.165) is 22.6 Å². The van der Waals surface area contributed by atoms with Gasteiger partial charge in [0.1, 0.15) is 0 Å². The highest BCUT2D eigenvalue weighted by Crippen LogP contribution is 2.32. The van der Waals surface area contributed by atoms with Crippen LogP contribution >= 0.6 is 0 Å². The van der Waals surface area contributed by atoms with Crippen molar-refractivity contribution in [2.45, 2.75) is 20.0 Å². The monoisotopic (exact) mass is 313 g/mol. The molecule has 23 heavy (non-hydrogen) atoms. The summed E-state index contributed by atoms with van der Waals surface area (Å²) in [6.07, 6.45) is 3.46. The lowest BCUT2D eigenvalue weighted by atomic mass is 10.2. The number of aromatic nitrogens is 1. The van der Waals surface area contributed by atoms with Gasteiger partial charge in [-0.1, -0.05) is 12.1 Å². The first-order valence-corrected chi connectivity index (χ1v) is 7.56. The summed E-state index contributed by atoms with van der Waals surface area (Å²) >= 11 is 0. The van der Waals surface area contributed by atoms with Gasteiger partial charge in [0.2, 0.25) is 6.79 Å². The second kappa shape index (κ2) is 7.00. The average Bonchev–Trinajstić information content (AvgIpc) is 3.06. The van der Waals surface area contributed by atoms with Crippen LogP contribution in [0, 0.1) is 0 Å². The molecule has 0 spiro atoms. The van der Waals surface area contributed by atoms with E-state index in [0.29, 0.717) is 19.6 Å². The number of carbonyl (C=O) groups excluding carboxylic acids is 1. The summed E-state index contributed by atoms with van der Waals surface area (Å²) in [5.74, 6) is 1.48. The first kappa shape index (κ1) is 15.1. The summed E-state index contributed by atoms with van der Waals surface area (Å²) < 4.78 is 10.7. The predicted octanol–water partition coefficient (Wildman–Crippen LogP) is 2.54. The number of benzene rings is 1. The zero-order valence-corrected chi connectivity index (χ0v) is 13.0. The van der Waals surface area contributed by atoms with E-state index in [1.165, 1.54) is 0 Å². The fourth-order valence-electron chi connectivity index (χ4n) is 2.38. The maximum Gasteiger partial charge on any atom is 0.317 e. The van der Waals surface area contributed by atoms with Gasteiger partial charge >= 0.3 is 6.03 Å². The van der Waals surface area contributed by atoms with Crippen LogP contribution in [0.5, 0.6) is 11.5 Å². The highest BCUT2D eigenvalue weighted by Gasteiger charge is 2.16. The number of carbonyl (C=O) groups is 1. The highest BCUT2D eigenvalue weighted by atomic mass is 16.7. The molecule has 0 unspecified atom stereocenters. The molecule has 1 aliphatic heterocycles. The Kier molecular flexibility index (Phi) is 4.61. The number of nitrogens with one attached hydrogen (secondary N) is 1. The quantitative estimate of drug-likeness (QED) is 0.921. The normalized spacial score (nSPS) is 12.0. The molecular formula is C17H19N3O3. The molecule has 0 aliphatic carbocycles. The number of ether oxygens (including phenoxy) is 2. The Morgan fingerprint density at radius 2 is 2.13 bits per heavy atom. The Morgan fingerprint density at radius 1 is 1.26 bits per heavy atom. The van der Waals surface area contributed by atoms with Crippen LogP contribution in [0.4, 0.5) is 4.79 Å². The lowest BCUT2D eigenvalue weighted by Crippen LogP contribution is -2.39. The van der Waals surface area contributed by atoms with Crippen LogP contribution in [-0.4, -0.2) is 29.3 Å². The van der Waals surface area contributed by atoms with Crippen molar-refractivity contribution in [3.8, 4) is 11.5 Å².